The molecule has 0 N–H and O–H groups in total. The summed E-state index contributed by atoms with van der Waals surface area (Å²) in [5.41, 5.74) is 4.33. The van der Waals surface area contributed by atoms with Crippen LogP contribution in [0.2, 0.25) is 0 Å². The molecule has 3 fully saturated rings. The van der Waals surface area contributed by atoms with Crippen molar-refractivity contribution < 1.29 is 4.74 Å². The molecular formula is C31H52O. The van der Waals surface area contributed by atoms with Crippen molar-refractivity contribution in [1.82, 2.24) is 0 Å². The minimum absolute atomic E-state index is 0.472. The van der Waals surface area contributed by atoms with E-state index < -0.39 is 0 Å². The SMILES string of the molecule is C=C(C)C(CC)CCC(C)C1CCC2C3=CCC4C(C)C(OC)CCC4(C)C3CCC21C. The van der Waals surface area contributed by atoms with E-state index >= 15 is 0 Å². The van der Waals surface area contributed by atoms with E-state index in [1.54, 1.807) is 0 Å². The van der Waals surface area contributed by atoms with Crippen molar-refractivity contribution in [3.63, 3.8) is 0 Å². The Morgan fingerprint density at radius 2 is 1.78 bits per heavy atom. The zero-order chi connectivity index (χ0) is 23.3. The molecule has 3 saturated carbocycles. The van der Waals surface area contributed by atoms with Crippen LogP contribution in [0.4, 0.5) is 0 Å². The average molecular weight is 441 g/mol. The van der Waals surface area contributed by atoms with Crippen LogP contribution >= 0.6 is 0 Å². The van der Waals surface area contributed by atoms with Crippen LogP contribution in [0.25, 0.3) is 0 Å². The summed E-state index contributed by atoms with van der Waals surface area (Å²) in [6, 6.07) is 0. The Hall–Kier alpha value is -0.560. The van der Waals surface area contributed by atoms with Crippen LogP contribution in [-0.2, 0) is 4.74 Å². The first-order valence-corrected chi connectivity index (χ1v) is 14.1. The van der Waals surface area contributed by atoms with E-state index in [1.807, 2.05) is 12.7 Å². The third-order valence-corrected chi connectivity index (χ3v) is 11.8. The van der Waals surface area contributed by atoms with Crippen molar-refractivity contribution in [3.05, 3.63) is 23.8 Å². The predicted molar refractivity (Wildman–Crippen MR) is 138 cm³/mol. The van der Waals surface area contributed by atoms with Crippen LogP contribution in [-0.4, -0.2) is 13.2 Å². The van der Waals surface area contributed by atoms with E-state index in [0.717, 1.165) is 35.5 Å². The van der Waals surface area contributed by atoms with Crippen molar-refractivity contribution in [1.29, 1.82) is 0 Å². The molecular weight excluding hydrogens is 388 g/mol. The molecule has 0 aromatic rings. The number of fused-ring (bicyclic) bond motifs is 5. The molecule has 10 unspecified atom stereocenters. The first-order chi connectivity index (χ1) is 15.2. The van der Waals surface area contributed by atoms with Crippen molar-refractivity contribution in [2.45, 2.75) is 112 Å². The summed E-state index contributed by atoms with van der Waals surface area (Å²) in [5.74, 6) is 5.67. The van der Waals surface area contributed by atoms with E-state index in [0.29, 0.717) is 22.9 Å². The van der Waals surface area contributed by atoms with Crippen LogP contribution in [0.15, 0.2) is 23.8 Å². The van der Waals surface area contributed by atoms with Crippen molar-refractivity contribution in [2.24, 2.45) is 52.3 Å². The quantitative estimate of drug-likeness (QED) is 0.359. The standard InChI is InChI=1S/C31H52O/c1-9-23(20(2)3)11-10-21(4)25-14-15-27-24-12-13-26-22(5)29(32-8)17-19-31(26,7)28(24)16-18-30(25,27)6/h12,21-23,25-29H,2,9-11,13-19H2,1,3-8H3. The van der Waals surface area contributed by atoms with Crippen molar-refractivity contribution in [3.8, 4) is 0 Å². The van der Waals surface area contributed by atoms with Gasteiger partial charge in [0.05, 0.1) is 6.10 Å². The lowest BCUT2D eigenvalue weighted by Gasteiger charge is -2.59. The zero-order valence-electron chi connectivity index (χ0n) is 22.4. The minimum atomic E-state index is 0.472. The van der Waals surface area contributed by atoms with Gasteiger partial charge in [-0.3, -0.25) is 0 Å². The van der Waals surface area contributed by atoms with Gasteiger partial charge in [-0.25, -0.2) is 0 Å². The second-order valence-corrected chi connectivity index (χ2v) is 13.1. The fourth-order valence-corrected chi connectivity index (χ4v) is 9.70. The Labute approximate surface area is 199 Å². The number of hydrogen-bond donors (Lipinski definition) is 0. The molecule has 10 atom stereocenters. The molecule has 0 heterocycles. The molecule has 0 aromatic heterocycles. The fraction of sp³-hybridized carbons (Fsp3) is 0.871. The summed E-state index contributed by atoms with van der Waals surface area (Å²) in [6.45, 7) is 19.2. The Balaban J connectivity index is 1.50. The summed E-state index contributed by atoms with van der Waals surface area (Å²) in [6.07, 6.45) is 16.9. The topological polar surface area (TPSA) is 9.23 Å². The molecule has 0 aliphatic heterocycles. The van der Waals surface area contributed by atoms with Gasteiger partial charge in [0.25, 0.3) is 0 Å². The van der Waals surface area contributed by atoms with E-state index in [1.165, 1.54) is 69.8 Å². The number of allylic oxidation sites excluding steroid dienone is 3. The number of hydrogen-bond acceptors (Lipinski definition) is 1. The van der Waals surface area contributed by atoms with Crippen LogP contribution < -0.4 is 0 Å². The van der Waals surface area contributed by atoms with Crippen LogP contribution in [0.1, 0.15) is 106 Å². The lowest BCUT2D eigenvalue weighted by molar-refractivity contribution is -0.0900. The maximum Gasteiger partial charge on any atom is 0.0600 e. The van der Waals surface area contributed by atoms with Gasteiger partial charge in [0.2, 0.25) is 0 Å². The van der Waals surface area contributed by atoms with Crippen LogP contribution in [0, 0.1) is 52.3 Å². The van der Waals surface area contributed by atoms with E-state index in [9.17, 15) is 0 Å². The van der Waals surface area contributed by atoms with Crippen LogP contribution in [0.3, 0.4) is 0 Å². The Kier molecular flexibility index (Phi) is 7.09. The van der Waals surface area contributed by atoms with E-state index in [-0.39, 0.29) is 0 Å². The molecule has 0 spiro atoms. The highest BCUT2D eigenvalue weighted by molar-refractivity contribution is 5.28. The van der Waals surface area contributed by atoms with Crippen molar-refractivity contribution >= 4 is 0 Å². The van der Waals surface area contributed by atoms with Crippen molar-refractivity contribution in [2.75, 3.05) is 7.11 Å². The number of methoxy groups -OCH3 is 1. The Morgan fingerprint density at radius 1 is 1.09 bits per heavy atom. The predicted octanol–water partition coefficient (Wildman–Crippen LogP) is 8.85. The van der Waals surface area contributed by atoms with E-state index in [2.05, 4.69) is 54.2 Å². The molecule has 4 rings (SSSR count). The number of rotatable bonds is 7. The van der Waals surface area contributed by atoms with Gasteiger partial charge in [0.1, 0.15) is 0 Å². The minimum Gasteiger partial charge on any atom is -0.381 e. The third kappa shape index (κ3) is 3.87. The molecule has 0 amide bonds. The normalized spacial score (nSPS) is 45.3. The lowest BCUT2D eigenvalue weighted by Crippen LogP contribution is -2.52. The zero-order valence-corrected chi connectivity index (χ0v) is 22.4. The molecule has 32 heavy (non-hydrogen) atoms. The van der Waals surface area contributed by atoms with Crippen LogP contribution in [0.5, 0.6) is 0 Å². The molecule has 0 radical (unpaired) electrons. The molecule has 1 nitrogen and oxygen atoms in total. The Bertz CT molecular complexity index is 720. The van der Waals surface area contributed by atoms with Gasteiger partial charge in [-0.05, 0) is 123 Å². The smallest absolute Gasteiger partial charge is 0.0600 e. The fourth-order valence-electron chi connectivity index (χ4n) is 9.70. The van der Waals surface area contributed by atoms with E-state index in [4.69, 9.17) is 4.74 Å². The highest BCUT2D eigenvalue weighted by Crippen LogP contribution is 2.67. The first-order valence-electron chi connectivity index (χ1n) is 14.1. The monoisotopic (exact) mass is 440 g/mol. The second-order valence-electron chi connectivity index (χ2n) is 13.1. The van der Waals surface area contributed by atoms with Gasteiger partial charge in [0.15, 0.2) is 0 Å². The van der Waals surface area contributed by atoms with Gasteiger partial charge < -0.3 is 4.74 Å². The van der Waals surface area contributed by atoms with Gasteiger partial charge in [0, 0.05) is 7.11 Å². The molecule has 0 saturated heterocycles. The first kappa shape index (κ1) is 24.6. The molecule has 0 aromatic carbocycles. The Morgan fingerprint density at radius 3 is 2.44 bits per heavy atom. The summed E-state index contributed by atoms with van der Waals surface area (Å²) < 4.78 is 5.90. The highest BCUT2D eigenvalue weighted by Gasteiger charge is 2.59. The summed E-state index contributed by atoms with van der Waals surface area (Å²) >= 11 is 0. The maximum atomic E-state index is 5.90. The van der Waals surface area contributed by atoms with Gasteiger partial charge in [-0.15, -0.1) is 0 Å². The molecule has 4 aliphatic carbocycles. The summed E-state index contributed by atoms with van der Waals surface area (Å²) in [5, 5.41) is 0. The molecule has 4 aliphatic rings. The van der Waals surface area contributed by atoms with Gasteiger partial charge in [-0.1, -0.05) is 58.4 Å². The van der Waals surface area contributed by atoms with Gasteiger partial charge in [-0.2, -0.15) is 0 Å². The molecule has 0 bridgehead atoms. The summed E-state index contributed by atoms with van der Waals surface area (Å²) in [4.78, 5) is 0. The summed E-state index contributed by atoms with van der Waals surface area (Å²) in [7, 11) is 1.93. The largest absolute Gasteiger partial charge is 0.381 e. The lowest BCUT2D eigenvalue weighted by atomic mass is 9.46. The average Bonchev–Trinajstić information content (AvgIpc) is 3.11. The number of ether oxygens (including phenoxy) is 1. The van der Waals surface area contributed by atoms with Gasteiger partial charge >= 0.3 is 0 Å². The molecule has 1 heteroatoms. The third-order valence-electron chi connectivity index (χ3n) is 11.8. The highest BCUT2D eigenvalue weighted by atomic mass is 16.5. The second kappa shape index (κ2) is 9.24. The maximum absolute atomic E-state index is 5.90. The molecule has 182 valence electrons.